The predicted molar refractivity (Wildman–Crippen MR) is 58.0 cm³/mol. The highest BCUT2D eigenvalue weighted by atomic mass is 16.8. The van der Waals surface area contributed by atoms with Gasteiger partial charge in [-0.25, -0.2) is 0 Å². The second kappa shape index (κ2) is 4.12. The maximum Gasteiger partial charge on any atom is 0.163 e. The van der Waals surface area contributed by atoms with Gasteiger partial charge < -0.3 is 19.7 Å². The van der Waals surface area contributed by atoms with E-state index in [2.05, 4.69) is 10.0 Å². The predicted octanol–water partition coefficient (Wildman–Crippen LogP) is 0.703. The fraction of sp³-hybridized carbons (Fsp3) is 1.00. The van der Waals surface area contributed by atoms with Crippen LogP contribution < -0.4 is 0 Å². The summed E-state index contributed by atoms with van der Waals surface area (Å²) in [5.74, 6) is -0.750. The Morgan fingerprint density at radius 2 is 2.12 bits per heavy atom. The lowest BCUT2D eigenvalue weighted by molar-refractivity contribution is -0.153. The van der Waals surface area contributed by atoms with Crippen LogP contribution in [0.1, 0.15) is 26.7 Å². The molecule has 2 N–H and O–H groups in total. The molecule has 0 amide bonds. The molecule has 17 heavy (non-hydrogen) atoms. The summed E-state index contributed by atoms with van der Waals surface area (Å²) >= 11 is 0. The number of fused-ring (bicyclic) bond motifs is 1. The Morgan fingerprint density at radius 3 is 2.76 bits per heavy atom. The molecule has 1 saturated carbocycles. The molecule has 96 valence electrons. The number of rotatable bonds is 2. The third kappa shape index (κ3) is 2.53. The summed E-state index contributed by atoms with van der Waals surface area (Å²) in [6, 6.07) is 0. The average molecular weight is 243 g/mol. The summed E-state index contributed by atoms with van der Waals surface area (Å²) in [5.41, 5.74) is 7.06. The van der Waals surface area contributed by atoms with Gasteiger partial charge in [-0.05, 0) is 19.4 Å². The van der Waals surface area contributed by atoms with Crippen molar-refractivity contribution in [2.45, 2.75) is 56.4 Å². The van der Waals surface area contributed by atoms with E-state index in [0.717, 1.165) is 0 Å². The molecule has 0 bridgehead atoms. The number of aliphatic hydroxyl groups is 2. The summed E-state index contributed by atoms with van der Waals surface area (Å²) in [5, 5.41) is 23.6. The third-order valence-electron chi connectivity index (χ3n) is 3.20. The summed E-state index contributed by atoms with van der Waals surface area (Å²) < 4.78 is 11.2. The van der Waals surface area contributed by atoms with Crippen molar-refractivity contribution < 1.29 is 19.7 Å². The molecule has 1 aliphatic heterocycles. The van der Waals surface area contributed by atoms with Gasteiger partial charge in [0.15, 0.2) is 5.79 Å². The van der Waals surface area contributed by atoms with Crippen LogP contribution in [0.4, 0.5) is 0 Å². The molecule has 1 heterocycles. The molecule has 4 atom stereocenters. The molecule has 0 aromatic heterocycles. The number of azide groups is 1. The number of aliphatic hydroxyl groups excluding tert-OH is 1. The maximum atomic E-state index is 10.2. The monoisotopic (exact) mass is 243 g/mol. The molecule has 7 heteroatoms. The maximum absolute atomic E-state index is 10.2. The highest BCUT2D eigenvalue weighted by Gasteiger charge is 2.52. The van der Waals surface area contributed by atoms with Gasteiger partial charge in [0.2, 0.25) is 0 Å². The third-order valence-corrected chi connectivity index (χ3v) is 3.20. The van der Waals surface area contributed by atoms with E-state index in [1.165, 1.54) is 0 Å². The largest absolute Gasteiger partial charge is 0.390 e. The van der Waals surface area contributed by atoms with Crippen molar-refractivity contribution >= 4 is 0 Å². The van der Waals surface area contributed by atoms with E-state index < -0.39 is 23.6 Å². The molecule has 0 aromatic carbocycles. The SMILES string of the molecule is CC1(C)O[C@H]2[C@H](O)C[C@](O)(CN=[N+]=[N-])C[C@H]2O1. The van der Waals surface area contributed by atoms with Crippen LogP contribution >= 0.6 is 0 Å². The van der Waals surface area contributed by atoms with Gasteiger partial charge >= 0.3 is 0 Å². The fourth-order valence-electron chi connectivity index (χ4n) is 2.60. The normalized spacial score (nSPS) is 43.9. The molecule has 1 saturated heterocycles. The Hall–Kier alpha value is -0.850. The Morgan fingerprint density at radius 1 is 1.41 bits per heavy atom. The number of nitrogens with zero attached hydrogens (tertiary/aromatic N) is 3. The van der Waals surface area contributed by atoms with Crippen LogP contribution in [0.5, 0.6) is 0 Å². The van der Waals surface area contributed by atoms with Crippen molar-refractivity contribution in [3.8, 4) is 0 Å². The van der Waals surface area contributed by atoms with Crippen molar-refractivity contribution in [2.75, 3.05) is 6.54 Å². The van der Waals surface area contributed by atoms with Crippen molar-refractivity contribution in [1.29, 1.82) is 0 Å². The minimum Gasteiger partial charge on any atom is -0.390 e. The van der Waals surface area contributed by atoms with E-state index in [4.69, 9.17) is 15.0 Å². The molecule has 2 aliphatic rings. The molecule has 0 unspecified atom stereocenters. The van der Waals surface area contributed by atoms with Crippen molar-refractivity contribution in [3.05, 3.63) is 10.4 Å². The quantitative estimate of drug-likeness (QED) is 0.423. The molecular formula is C10H17N3O4. The summed E-state index contributed by atoms with van der Waals surface area (Å²) in [7, 11) is 0. The van der Waals surface area contributed by atoms with Gasteiger partial charge in [0, 0.05) is 17.8 Å². The molecule has 0 radical (unpaired) electrons. The van der Waals surface area contributed by atoms with Crippen LogP contribution in [0.3, 0.4) is 0 Å². The molecule has 0 aromatic rings. The second-order valence-electron chi connectivity index (χ2n) is 5.23. The molecule has 2 fully saturated rings. The molecule has 2 rings (SSSR count). The first-order chi connectivity index (χ1) is 7.85. The topological polar surface area (TPSA) is 108 Å². The molecule has 1 aliphatic carbocycles. The smallest absolute Gasteiger partial charge is 0.163 e. The Labute approximate surface area is 99.0 Å². The van der Waals surface area contributed by atoms with Gasteiger partial charge in [-0.3, -0.25) is 0 Å². The Balaban J connectivity index is 2.12. The minimum atomic E-state index is -1.21. The highest BCUT2D eigenvalue weighted by molar-refractivity contribution is 5.01. The van der Waals surface area contributed by atoms with Crippen LogP contribution in [0.2, 0.25) is 0 Å². The van der Waals surface area contributed by atoms with E-state index in [1.54, 1.807) is 13.8 Å². The van der Waals surface area contributed by atoms with Gasteiger partial charge in [-0.2, -0.15) is 0 Å². The van der Waals surface area contributed by atoms with Crippen LogP contribution in [0, 0.1) is 0 Å². The highest BCUT2D eigenvalue weighted by Crippen LogP contribution is 2.40. The van der Waals surface area contributed by atoms with Gasteiger partial charge in [-0.1, -0.05) is 5.11 Å². The van der Waals surface area contributed by atoms with E-state index in [0.29, 0.717) is 6.42 Å². The lowest BCUT2D eigenvalue weighted by Crippen LogP contribution is -2.52. The summed E-state index contributed by atoms with van der Waals surface area (Å²) in [6.45, 7) is 3.47. The Bertz CT molecular complexity index is 355. The van der Waals surface area contributed by atoms with E-state index in [9.17, 15) is 10.2 Å². The van der Waals surface area contributed by atoms with Crippen LogP contribution in [-0.4, -0.2) is 46.5 Å². The van der Waals surface area contributed by atoms with Gasteiger partial charge in [0.05, 0.1) is 24.4 Å². The lowest BCUT2D eigenvalue weighted by atomic mass is 9.80. The van der Waals surface area contributed by atoms with Gasteiger partial charge in [-0.15, -0.1) is 0 Å². The zero-order valence-electron chi connectivity index (χ0n) is 9.91. The molecular weight excluding hydrogens is 226 g/mol. The lowest BCUT2D eigenvalue weighted by Gasteiger charge is -2.39. The minimum absolute atomic E-state index is 0.0619. The fourth-order valence-corrected chi connectivity index (χ4v) is 2.60. The van der Waals surface area contributed by atoms with Gasteiger partial charge in [0.25, 0.3) is 0 Å². The van der Waals surface area contributed by atoms with Crippen LogP contribution in [-0.2, 0) is 9.47 Å². The first kappa shape index (κ1) is 12.6. The number of hydrogen-bond donors (Lipinski definition) is 2. The van der Waals surface area contributed by atoms with Crippen molar-refractivity contribution in [2.24, 2.45) is 5.11 Å². The molecule has 7 nitrogen and oxygen atoms in total. The molecule has 0 spiro atoms. The summed E-state index contributed by atoms with van der Waals surface area (Å²) in [6.07, 6.45) is -1.16. The van der Waals surface area contributed by atoms with Crippen molar-refractivity contribution in [3.63, 3.8) is 0 Å². The van der Waals surface area contributed by atoms with Crippen LogP contribution in [0.25, 0.3) is 10.4 Å². The first-order valence-corrected chi connectivity index (χ1v) is 5.62. The second-order valence-corrected chi connectivity index (χ2v) is 5.23. The Kier molecular flexibility index (Phi) is 3.05. The van der Waals surface area contributed by atoms with Crippen molar-refractivity contribution in [1.82, 2.24) is 0 Å². The average Bonchev–Trinajstić information content (AvgIpc) is 2.50. The zero-order chi connectivity index (χ0) is 12.7. The summed E-state index contributed by atoms with van der Waals surface area (Å²) in [4.78, 5) is 2.63. The van der Waals surface area contributed by atoms with E-state index in [1.807, 2.05) is 0 Å². The first-order valence-electron chi connectivity index (χ1n) is 5.62. The zero-order valence-corrected chi connectivity index (χ0v) is 9.91. The number of hydrogen-bond acceptors (Lipinski definition) is 5. The number of ether oxygens (including phenoxy) is 2. The standard InChI is InChI=1S/C10H17N3O4/c1-9(2)16-7-4-10(15,5-12-13-11)3-6(14)8(7)17-9/h6-8,14-15H,3-5H2,1-2H3/t6-,7-,8+,10-/m1/s1. The van der Waals surface area contributed by atoms with E-state index >= 15 is 0 Å². The van der Waals surface area contributed by atoms with E-state index in [-0.39, 0.29) is 19.1 Å². The van der Waals surface area contributed by atoms with Crippen LogP contribution in [0.15, 0.2) is 5.11 Å². The van der Waals surface area contributed by atoms with Gasteiger partial charge in [0.1, 0.15) is 6.10 Å².